The first-order valence-corrected chi connectivity index (χ1v) is 2.68. The minimum absolute atomic E-state index is 0. The molecule has 0 heterocycles. The maximum atomic E-state index is 12.1. The fourth-order valence-electron chi connectivity index (χ4n) is 0.441. The molecule has 0 amide bonds. The molecule has 0 nitrogen and oxygen atoms in total. The third kappa shape index (κ3) is 11.5. The molecular weight excluding hydrogens is 235 g/mol. The lowest BCUT2D eigenvalue weighted by Crippen LogP contribution is -1.68. The molecule has 0 saturated heterocycles. The van der Waals surface area contributed by atoms with E-state index >= 15 is 0 Å². The molecule has 82 valence electrons. The standard InChI is InChI=1S/C6H5FS.ClH.4FH/c7-5-1-3-6(8)4-2-5;;;;;/h1-4,8H;5*1H. The van der Waals surface area contributed by atoms with E-state index in [0.29, 0.717) is 0 Å². The average molecular weight is 245 g/mol. The Morgan fingerprint density at radius 1 is 0.846 bits per heavy atom. The third-order valence-electron chi connectivity index (χ3n) is 0.827. The van der Waals surface area contributed by atoms with E-state index in [2.05, 4.69) is 12.6 Å². The van der Waals surface area contributed by atoms with E-state index in [1.54, 1.807) is 12.1 Å². The van der Waals surface area contributed by atoms with Crippen LogP contribution in [0.5, 0.6) is 0 Å². The Balaban J connectivity index is -0.0000000427. The van der Waals surface area contributed by atoms with E-state index in [0.717, 1.165) is 4.90 Å². The van der Waals surface area contributed by atoms with E-state index < -0.39 is 0 Å². The second-order valence-corrected chi connectivity index (χ2v) is 1.99. The normalized spacial score (nSPS) is 5.69. The van der Waals surface area contributed by atoms with Gasteiger partial charge in [0.25, 0.3) is 0 Å². The lowest BCUT2D eigenvalue weighted by Gasteiger charge is -1.86. The number of benzene rings is 1. The lowest BCUT2D eigenvalue weighted by molar-refractivity contribution is 0.626. The molecule has 0 aliphatic rings. The van der Waals surface area contributed by atoms with Crippen LogP contribution >= 0.6 is 25.0 Å². The number of rotatable bonds is 0. The van der Waals surface area contributed by atoms with Crippen molar-refractivity contribution in [1.82, 2.24) is 0 Å². The highest BCUT2D eigenvalue weighted by Gasteiger charge is 1.84. The molecule has 0 saturated carbocycles. The first-order chi connectivity index (χ1) is 3.79. The zero-order valence-electron chi connectivity index (χ0n) is 6.18. The van der Waals surface area contributed by atoms with E-state index in [1.165, 1.54) is 12.1 Å². The van der Waals surface area contributed by atoms with Crippen molar-refractivity contribution in [1.29, 1.82) is 0 Å². The first kappa shape index (κ1) is 29.4. The van der Waals surface area contributed by atoms with Crippen molar-refractivity contribution in [3.63, 3.8) is 0 Å². The minimum atomic E-state index is -0.220. The zero-order valence-corrected chi connectivity index (χ0v) is 7.89. The number of hydrogen-bond acceptors (Lipinski definition) is 1. The van der Waals surface area contributed by atoms with Crippen molar-refractivity contribution in [2.24, 2.45) is 0 Å². The number of halogens is 6. The predicted molar refractivity (Wildman–Crippen MR) is 50.9 cm³/mol. The molecular formula is C6H10ClF5S. The molecule has 0 spiro atoms. The van der Waals surface area contributed by atoms with Gasteiger partial charge in [-0.05, 0) is 24.3 Å². The van der Waals surface area contributed by atoms with Crippen LogP contribution in [0.4, 0.5) is 23.2 Å². The van der Waals surface area contributed by atoms with Crippen LogP contribution in [0.1, 0.15) is 0 Å². The SMILES string of the molecule is Cl.F.F.F.F.Fc1ccc(S)cc1. The summed E-state index contributed by atoms with van der Waals surface area (Å²) >= 11 is 3.97. The monoisotopic (exact) mass is 244 g/mol. The van der Waals surface area contributed by atoms with E-state index in [4.69, 9.17) is 0 Å². The van der Waals surface area contributed by atoms with Gasteiger partial charge in [0.2, 0.25) is 0 Å². The Morgan fingerprint density at radius 3 is 1.38 bits per heavy atom. The van der Waals surface area contributed by atoms with Gasteiger partial charge in [-0.3, -0.25) is 18.8 Å². The average Bonchev–Trinajstić information content (AvgIpc) is 1.77. The fraction of sp³-hybridized carbons (Fsp3) is 0. The van der Waals surface area contributed by atoms with Crippen molar-refractivity contribution in [2.75, 3.05) is 0 Å². The summed E-state index contributed by atoms with van der Waals surface area (Å²) in [6, 6.07) is 5.97. The van der Waals surface area contributed by atoms with Crippen molar-refractivity contribution in [2.45, 2.75) is 4.90 Å². The Labute approximate surface area is 83.8 Å². The third-order valence-corrected chi connectivity index (χ3v) is 1.12. The van der Waals surface area contributed by atoms with Gasteiger partial charge in [-0.25, -0.2) is 4.39 Å². The summed E-state index contributed by atoms with van der Waals surface area (Å²) in [6.07, 6.45) is 0. The number of hydrogen-bond donors (Lipinski definition) is 1. The Hall–Kier alpha value is -0.490. The molecule has 0 atom stereocenters. The van der Waals surface area contributed by atoms with Gasteiger partial charge in [0, 0.05) is 4.90 Å². The summed E-state index contributed by atoms with van der Waals surface area (Å²) in [7, 11) is 0. The molecule has 1 rings (SSSR count). The van der Waals surface area contributed by atoms with Crippen LogP contribution in [0.15, 0.2) is 29.2 Å². The maximum absolute atomic E-state index is 12.1. The molecule has 0 unspecified atom stereocenters. The highest BCUT2D eigenvalue weighted by molar-refractivity contribution is 7.80. The molecule has 0 fully saturated rings. The van der Waals surface area contributed by atoms with Gasteiger partial charge in [0.15, 0.2) is 0 Å². The molecule has 0 N–H and O–H groups in total. The molecule has 0 aliphatic carbocycles. The number of thiol groups is 1. The van der Waals surface area contributed by atoms with E-state index in [-0.39, 0.29) is 37.0 Å². The van der Waals surface area contributed by atoms with Gasteiger partial charge < -0.3 is 0 Å². The molecule has 1 aromatic carbocycles. The second kappa shape index (κ2) is 14.1. The van der Waals surface area contributed by atoms with Crippen LogP contribution in [0.25, 0.3) is 0 Å². The van der Waals surface area contributed by atoms with Crippen molar-refractivity contribution < 1.29 is 23.2 Å². The quantitative estimate of drug-likeness (QED) is 0.526. The highest BCUT2D eigenvalue weighted by Crippen LogP contribution is 2.04. The fourth-order valence-corrected chi connectivity index (χ4v) is 0.590. The summed E-state index contributed by atoms with van der Waals surface area (Å²) in [5, 5.41) is 0. The zero-order chi connectivity index (χ0) is 5.98. The van der Waals surface area contributed by atoms with Crippen LogP contribution in [-0.4, -0.2) is 0 Å². The van der Waals surface area contributed by atoms with Crippen LogP contribution in [-0.2, 0) is 0 Å². The Kier molecular flexibility index (Phi) is 31.8. The summed E-state index contributed by atoms with van der Waals surface area (Å²) in [5.41, 5.74) is 0. The van der Waals surface area contributed by atoms with Crippen molar-refractivity contribution in [3.05, 3.63) is 30.1 Å². The van der Waals surface area contributed by atoms with Crippen LogP contribution < -0.4 is 0 Å². The topological polar surface area (TPSA) is 0 Å². The maximum Gasteiger partial charge on any atom is 0.123 e. The summed E-state index contributed by atoms with van der Waals surface area (Å²) in [6.45, 7) is 0. The second-order valence-electron chi connectivity index (χ2n) is 1.48. The van der Waals surface area contributed by atoms with Crippen LogP contribution in [0.2, 0.25) is 0 Å². The molecule has 7 heteroatoms. The Bertz CT molecular complexity index is 160. The van der Waals surface area contributed by atoms with E-state index in [1.807, 2.05) is 0 Å². The first-order valence-electron chi connectivity index (χ1n) is 2.23. The van der Waals surface area contributed by atoms with Crippen LogP contribution in [0.3, 0.4) is 0 Å². The predicted octanol–water partition coefficient (Wildman–Crippen LogP) is 3.15. The van der Waals surface area contributed by atoms with Gasteiger partial charge in [-0.15, -0.1) is 25.0 Å². The smallest absolute Gasteiger partial charge is 0.123 e. The molecule has 0 radical (unpaired) electrons. The van der Waals surface area contributed by atoms with Crippen LogP contribution in [0, 0.1) is 5.82 Å². The van der Waals surface area contributed by atoms with Gasteiger partial charge in [0.05, 0.1) is 0 Å². The van der Waals surface area contributed by atoms with E-state index in [9.17, 15) is 4.39 Å². The summed E-state index contributed by atoms with van der Waals surface area (Å²) in [5.74, 6) is -0.220. The molecule has 13 heavy (non-hydrogen) atoms. The minimum Gasteiger partial charge on any atom is -0.269 e. The van der Waals surface area contributed by atoms with Gasteiger partial charge in [-0.2, -0.15) is 0 Å². The summed E-state index contributed by atoms with van der Waals surface area (Å²) < 4.78 is 12.1. The van der Waals surface area contributed by atoms with Crippen molar-refractivity contribution >= 4 is 25.0 Å². The molecule has 0 aliphatic heterocycles. The molecule has 1 aromatic rings. The van der Waals surface area contributed by atoms with Gasteiger partial charge >= 0.3 is 0 Å². The summed E-state index contributed by atoms with van der Waals surface area (Å²) in [4.78, 5) is 0.784. The lowest BCUT2D eigenvalue weighted by atomic mass is 10.4. The van der Waals surface area contributed by atoms with Gasteiger partial charge in [-0.1, -0.05) is 0 Å². The van der Waals surface area contributed by atoms with Crippen molar-refractivity contribution in [3.8, 4) is 0 Å². The molecule has 0 bridgehead atoms. The van der Waals surface area contributed by atoms with Gasteiger partial charge in [0.1, 0.15) is 5.82 Å². The Morgan fingerprint density at radius 2 is 1.15 bits per heavy atom. The highest BCUT2D eigenvalue weighted by atomic mass is 35.5. The molecule has 0 aromatic heterocycles. The largest absolute Gasteiger partial charge is 0.269 e.